The van der Waals surface area contributed by atoms with Gasteiger partial charge in [-0.3, -0.25) is 4.79 Å². The number of benzene rings is 1. The Kier molecular flexibility index (Phi) is 3.59. The molecule has 1 heterocycles. The smallest absolute Gasteiger partial charge is 0.191 e. The molecule has 88 valence electrons. The number of thiophene rings is 1. The summed E-state index contributed by atoms with van der Waals surface area (Å²) in [5.74, 6) is 0.172. The van der Waals surface area contributed by atoms with Gasteiger partial charge in [0.05, 0.1) is 11.4 Å². The second kappa shape index (κ2) is 5.15. The van der Waals surface area contributed by atoms with Gasteiger partial charge in [0.15, 0.2) is 5.78 Å². The fourth-order valence-electron chi connectivity index (χ4n) is 1.81. The number of ketones is 1. The maximum atomic E-state index is 12.0. The maximum absolute atomic E-state index is 12.0. The van der Waals surface area contributed by atoms with Crippen molar-refractivity contribution in [3.63, 3.8) is 0 Å². The van der Waals surface area contributed by atoms with Gasteiger partial charge in [-0.05, 0) is 30.0 Å². The van der Waals surface area contributed by atoms with Crippen LogP contribution in [0.4, 0.5) is 5.69 Å². The lowest BCUT2D eigenvalue weighted by Gasteiger charge is -2.20. The number of para-hydroxylation sites is 1. The van der Waals surface area contributed by atoms with E-state index in [1.165, 1.54) is 16.9 Å². The van der Waals surface area contributed by atoms with Gasteiger partial charge in [-0.15, -0.1) is 11.3 Å². The molecule has 2 aromatic rings. The minimum absolute atomic E-state index is 0.172. The lowest BCUT2D eigenvalue weighted by Crippen LogP contribution is -2.25. The van der Waals surface area contributed by atoms with E-state index in [-0.39, 0.29) is 5.78 Å². The topological polar surface area (TPSA) is 20.3 Å². The fraction of sp³-hybridized carbons (Fsp3) is 0.214. The Bertz CT molecular complexity index is 505. The molecule has 0 saturated heterocycles. The van der Waals surface area contributed by atoms with Crippen LogP contribution in [0.2, 0.25) is 0 Å². The third-order valence-corrected chi connectivity index (χ3v) is 3.61. The minimum atomic E-state index is 0.172. The highest BCUT2D eigenvalue weighted by molar-refractivity contribution is 7.12. The number of nitrogens with zero attached hydrogens (tertiary/aromatic N) is 1. The third kappa shape index (κ3) is 2.74. The van der Waals surface area contributed by atoms with Crippen LogP contribution in [0, 0.1) is 6.92 Å². The molecule has 0 fully saturated rings. The van der Waals surface area contributed by atoms with Crippen LogP contribution >= 0.6 is 11.3 Å². The molecule has 0 aliphatic rings. The van der Waals surface area contributed by atoms with Crippen molar-refractivity contribution >= 4 is 22.8 Å². The monoisotopic (exact) mass is 245 g/mol. The second-order valence-corrected chi connectivity index (χ2v) is 4.99. The Morgan fingerprint density at radius 2 is 2.00 bits per heavy atom. The number of rotatable bonds is 4. The summed E-state index contributed by atoms with van der Waals surface area (Å²) in [4.78, 5) is 14.8. The molecule has 0 N–H and O–H groups in total. The van der Waals surface area contributed by atoms with Crippen LogP contribution < -0.4 is 4.90 Å². The van der Waals surface area contributed by atoms with Crippen molar-refractivity contribution in [1.82, 2.24) is 0 Å². The molecule has 0 unspecified atom stereocenters. The molecule has 3 heteroatoms. The Balaban J connectivity index is 2.10. The predicted molar refractivity (Wildman–Crippen MR) is 73.1 cm³/mol. The summed E-state index contributed by atoms with van der Waals surface area (Å²) in [5.41, 5.74) is 2.30. The number of carbonyl (C=O) groups excluding carboxylic acids is 1. The summed E-state index contributed by atoms with van der Waals surface area (Å²) in [6.45, 7) is 2.48. The van der Waals surface area contributed by atoms with Crippen LogP contribution in [0.1, 0.15) is 15.2 Å². The van der Waals surface area contributed by atoms with Gasteiger partial charge >= 0.3 is 0 Å². The van der Waals surface area contributed by atoms with E-state index in [0.717, 1.165) is 10.6 Å². The largest absolute Gasteiger partial charge is 0.367 e. The van der Waals surface area contributed by atoms with E-state index < -0.39 is 0 Å². The molecule has 2 nitrogen and oxygen atoms in total. The average molecular weight is 245 g/mol. The van der Waals surface area contributed by atoms with E-state index in [9.17, 15) is 4.79 Å². The second-order valence-electron chi connectivity index (χ2n) is 4.04. The van der Waals surface area contributed by atoms with Crippen LogP contribution in [-0.4, -0.2) is 19.4 Å². The van der Waals surface area contributed by atoms with Crippen molar-refractivity contribution in [1.29, 1.82) is 0 Å². The lowest BCUT2D eigenvalue weighted by molar-refractivity contribution is 0.100. The molecule has 0 spiro atoms. The first-order chi connectivity index (χ1) is 8.18. The molecule has 0 aliphatic heterocycles. The van der Waals surface area contributed by atoms with E-state index in [1.54, 1.807) is 0 Å². The molecular formula is C14H15NOS. The van der Waals surface area contributed by atoms with Gasteiger partial charge in [-0.25, -0.2) is 0 Å². The van der Waals surface area contributed by atoms with Gasteiger partial charge in [0.25, 0.3) is 0 Å². The summed E-state index contributed by atoms with van der Waals surface area (Å²) >= 11 is 1.50. The zero-order valence-electron chi connectivity index (χ0n) is 10.0. The van der Waals surface area contributed by atoms with Crippen LogP contribution in [0.25, 0.3) is 0 Å². The zero-order valence-corrected chi connectivity index (χ0v) is 10.8. The molecule has 2 rings (SSSR count). The SMILES string of the molecule is Cc1ccccc1N(C)CC(=O)c1cccs1. The number of anilines is 1. The molecule has 0 amide bonds. The van der Waals surface area contributed by atoms with Crippen molar-refractivity contribution in [2.75, 3.05) is 18.5 Å². The zero-order chi connectivity index (χ0) is 12.3. The summed E-state index contributed by atoms with van der Waals surface area (Å²) in [6, 6.07) is 11.9. The Labute approximate surface area is 106 Å². The molecule has 0 aliphatic carbocycles. The van der Waals surface area contributed by atoms with Crippen molar-refractivity contribution in [3.8, 4) is 0 Å². The van der Waals surface area contributed by atoms with E-state index in [0.29, 0.717) is 6.54 Å². The lowest BCUT2D eigenvalue weighted by atomic mass is 10.2. The summed E-state index contributed by atoms with van der Waals surface area (Å²) in [7, 11) is 1.95. The number of likely N-dealkylation sites (N-methyl/N-ethyl adjacent to an activating group) is 1. The number of hydrogen-bond donors (Lipinski definition) is 0. The standard InChI is InChI=1S/C14H15NOS/c1-11-6-3-4-7-12(11)15(2)10-13(16)14-8-5-9-17-14/h3-9H,10H2,1-2H3. The first-order valence-electron chi connectivity index (χ1n) is 5.52. The third-order valence-electron chi connectivity index (χ3n) is 2.70. The van der Waals surface area contributed by atoms with E-state index in [1.807, 2.05) is 47.7 Å². The molecule has 1 aromatic carbocycles. The number of hydrogen-bond acceptors (Lipinski definition) is 3. The molecule has 1 aromatic heterocycles. The maximum Gasteiger partial charge on any atom is 0.191 e. The molecule has 0 saturated carbocycles. The molecule has 0 atom stereocenters. The van der Waals surface area contributed by atoms with E-state index >= 15 is 0 Å². The highest BCUT2D eigenvalue weighted by atomic mass is 32.1. The van der Waals surface area contributed by atoms with E-state index in [4.69, 9.17) is 0 Å². The summed E-state index contributed by atoms with van der Waals surface area (Å²) in [6.07, 6.45) is 0. The van der Waals surface area contributed by atoms with Crippen molar-refractivity contribution in [2.45, 2.75) is 6.92 Å². The van der Waals surface area contributed by atoms with Crippen LogP contribution in [0.5, 0.6) is 0 Å². The quantitative estimate of drug-likeness (QED) is 0.770. The predicted octanol–water partition coefficient (Wildman–Crippen LogP) is 3.38. The van der Waals surface area contributed by atoms with Gasteiger partial charge in [0, 0.05) is 12.7 Å². The van der Waals surface area contributed by atoms with Crippen LogP contribution in [0.15, 0.2) is 41.8 Å². The van der Waals surface area contributed by atoms with Gasteiger partial charge in [-0.2, -0.15) is 0 Å². The van der Waals surface area contributed by atoms with Gasteiger partial charge in [0.1, 0.15) is 0 Å². The molecule has 0 bridgehead atoms. The normalized spacial score (nSPS) is 10.2. The van der Waals surface area contributed by atoms with Crippen molar-refractivity contribution in [3.05, 3.63) is 52.2 Å². The Morgan fingerprint density at radius 3 is 2.65 bits per heavy atom. The number of Topliss-reactive ketones (excluding diaryl/α,β-unsaturated/α-hetero) is 1. The van der Waals surface area contributed by atoms with Crippen LogP contribution in [0.3, 0.4) is 0 Å². The van der Waals surface area contributed by atoms with Gasteiger partial charge in [-0.1, -0.05) is 24.3 Å². The Hall–Kier alpha value is -1.61. The molecule has 0 radical (unpaired) electrons. The highest BCUT2D eigenvalue weighted by Crippen LogP contribution is 2.18. The van der Waals surface area contributed by atoms with Gasteiger partial charge < -0.3 is 4.90 Å². The van der Waals surface area contributed by atoms with Crippen molar-refractivity contribution in [2.24, 2.45) is 0 Å². The number of carbonyl (C=O) groups is 1. The Morgan fingerprint density at radius 1 is 1.24 bits per heavy atom. The van der Waals surface area contributed by atoms with Crippen molar-refractivity contribution < 1.29 is 4.79 Å². The first-order valence-corrected chi connectivity index (χ1v) is 6.40. The first kappa shape index (κ1) is 11.9. The average Bonchev–Trinajstić information content (AvgIpc) is 2.82. The summed E-state index contributed by atoms with van der Waals surface area (Å²) in [5, 5.41) is 1.93. The highest BCUT2D eigenvalue weighted by Gasteiger charge is 2.11. The minimum Gasteiger partial charge on any atom is -0.367 e. The number of aryl methyl sites for hydroxylation is 1. The fourth-order valence-corrected chi connectivity index (χ4v) is 2.46. The molecule has 17 heavy (non-hydrogen) atoms. The van der Waals surface area contributed by atoms with Gasteiger partial charge in [0.2, 0.25) is 0 Å². The molecular weight excluding hydrogens is 230 g/mol. The van der Waals surface area contributed by atoms with E-state index in [2.05, 4.69) is 13.0 Å². The van der Waals surface area contributed by atoms with Crippen LogP contribution in [-0.2, 0) is 0 Å². The summed E-state index contributed by atoms with van der Waals surface area (Å²) < 4.78 is 0.